The van der Waals surface area contributed by atoms with Gasteiger partial charge in [-0.15, -0.1) is 11.3 Å². The van der Waals surface area contributed by atoms with Crippen molar-refractivity contribution in [2.24, 2.45) is 5.16 Å². The summed E-state index contributed by atoms with van der Waals surface area (Å²) >= 11 is 1.13. The van der Waals surface area contributed by atoms with E-state index < -0.39 is 29.4 Å². The van der Waals surface area contributed by atoms with Gasteiger partial charge in [0.05, 0.1) is 16.7 Å². The molecule has 1 aromatic rings. The predicted octanol–water partition coefficient (Wildman–Crippen LogP) is 3.20. The Balaban J connectivity index is 1.85. The van der Waals surface area contributed by atoms with Crippen LogP contribution in [-0.4, -0.2) is 48.1 Å². The third kappa shape index (κ3) is 3.45. The van der Waals surface area contributed by atoms with Crippen molar-refractivity contribution in [3.8, 4) is 0 Å². The Labute approximate surface area is 148 Å². The predicted molar refractivity (Wildman–Crippen MR) is 84.3 cm³/mol. The van der Waals surface area contributed by atoms with Crippen LogP contribution in [0.2, 0.25) is 0 Å². The second-order valence-electron chi connectivity index (χ2n) is 5.84. The number of carbonyl (C=O) groups excluding carboxylic acids is 1. The highest BCUT2D eigenvalue weighted by molar-refractivity contribution is 7.17. The van der Waals surface area contributed by atoms with Gasteiger partial charge in [-0.3, -0.25) is 0 Å². The van der Waals surface area contributed by atoms with E-state index in [9.17, 15) is 31.9 Å². The van der Waals surface area contributed by atoms with Gasteiger partial charge in [-0.1, -0.05) is 5.16 Å². The first-order valence-corrected chi connectivity index (χ1v) is 8.40. The molecule has 0 amide bonds. The van der Waals surface area contributed by atoms with Crippen molar-refractivity contribution in [2.75, 3.05) is 18.0 Å². The summed E-state index contributed by atoms with van der Waals surface area (Å²) in [5.41, 5.74) is -2.67. The van der Waals surface area contributed by atoms with Crippen molar-refractivity contribution in [1.29, 1.82) is 0 Å². The molecule has 0 radical (unpaired) electrons. The minimum atomic E-state index is -5.89. The molecule has 1 aromatic heterocycles. The van der Waals surface area contributed by atoms with Gasteiger partial charge in [-0.25, -0.2) is 4.79 Å². The van der Waals surface area contributed by atoms with Crippen LogP contribution in [-0.2, 0) is 9.63 Å². The number of oxime groups is 1. The van der Waals surface area contributed by atoms with Gasteiger partial charge in [0.15, 0.2) is 5.71 Å². The largest absolute Gasteiger partial charge is 0.459 e. The van der Waals surface area contributed by atoms with E-state index in [1.54, 1.807) is 6.07 Å². The summed E-state index contributed by atoms with van der Waals surface area (Å²) in [6.45, 7) is 1.19. The molecule has 0 aromatic carbocycles. The highest BCUT2D eigenvalue weighted by atomic mass is 32.1. The average Bonchev–Trinajstić information content (AvgIpc) is 3.15. The molecule has 0 aliphatic carbocycles. The standard InChI is InChI=1S/C15H13F5N2O3S/c16-14(17,15(18,19)20)12-10(13(24)25-21-12)7-9-1-2-11(26-9)22-5-3-8(23)4-6-22/h1-2,7-8,23H,3-6H2. The van der Waals surface area contributed by atoms with Gasteiger partial charge >= 0.3 is 18.1 Å². The summed E-state index contributed by atoms with van der Waals surface area (Å²) in [4.78, 5) is 17.9. The number of hydrogen-bond donors (Lipinski definition) is 1. The molecule has 142 valence electrons. The lowest BCUT2D eigenvalue weighted by Gasteiger charge is -2.30. The fourth-order valence-corrected chi connectivity index (χ4v) is 3.59. The first-order chi connectivity index (χ1) is 12.1. The summed E-state index contributed by atoms with van der Waals surface area (Å²) in [6.07, 6.45) is -4.19. The van der Waals surface area contributed by atoms with Crippen molar-refractivity contribution in [2.45, 2.75) is 31.0 Å². The molecular formula is C15H13F5N2O3S. The van der Waals surface area contributed by atoms with Crippen LogP contribution in [0, 0.1) is 0 Å². The highest BCUT2D eigenvalue weighted by Crippen LogP contribution is 2.41. The second kappa shape index (κ2) is 6.62. The minimum Gasteiger partial charge on any atom is -0.393 e. The van der Waals surface area contributed by atoms with E-state index in [4.69, 9.17) is 0 Å². The van der Waals surface area contributed by atoms with Crippen LogP contribution in [0.5, 0.6) is 0 Å². The van der Waals surface area contributed by atoms with Crippen molar-refractivity contribution < 1.29 is 36.7 Å². The molecule has 1 N–H and O–H groups in total. The molecule has 26 heavy (non-hydrogen) atoms. The third-order valence-electron chi connectivity index (χ3n) is 4.02. The smallest absolute Gasteiger partial charge is 0.393 e. The van der Waals surface area contributed by atoms with Gasteiger partial charge in [0.25, 0.3) is 0 Å². The van der Waals surface area contributed by atoms with Crippen LogP contribution < -0.4 is 4.90 Å². The third-order valence-corrected chi connectivity index (χ3v) is 5.12. The van der Waals surface area contributed by atoms with Crippen molar-refractivity contribution in [3.05, 3.63) is 22.6 Å². The Morgan fingerprint density at radius 1 is 1.23 bits per heavy atom. The minimum absolute atomic E-state index is 0.311. The van der Waals surface area contributed by atoms with Crippen LogP contribution in [0.25, 0.3) is 6.08 Å². The highest BCUT2D eigenvalue weighted by Gasteiger charge is 2.64. The Kier molecular flexibility index (Phi) is 4.78. The second-order valence-corrected chi connectivity index (χ2v) is 6.94. The molecule has 1 fully saturated rings. The van der Waals surface area contributed by atoms with Crippen molar-refractivity contribution in [3.63, 3.8) is 0 Å². The lowest BCUT2D eigenvalue weighted by atomic mass is 10.0. The zero-order chi connectivity index (χ0) is 19.1. The number of carbonyl (C=O) groups is 1. The molecule has 0 atom stereocenters. The molecule has 3 rings (SSSR count). The first-order valence-electron chi connectivity index (χ1n) is 7.59. The molecular weight excluding hydrogens is 383 g/mol. The van der Waals surface area contributed by atoms with Gasteiger partial charge in [0, 0.05) is 18.0 Å². The van der Waals surface area contributed by atoms with Gasteiger partial charge < -0.3 is 14.8 Å². The maximum atomic E-state index is 13.5. The van der Waals surface area contributed by atoms with Crippen LogP contribution in [0.1, 0.15) is 17.7 Å². The molecule has 1 saturated heterocycles. The van der Waals surface area contributed by atoms with E-state index in [-0.39, 0.29) is 6.10 Å². The Bertz CT molecular complexity index is 764. The lowest BCUT2D eigenvalue weighted by Crippen LogP contribution is -2.44. The van der Waals surface area contributed by atoms with Crippen LogP contribution in [0.3, 0.4) is 0 Å². The maximum absolute atomic E-state index is 13.5. The van der Waals surface area contributed by atoms with E-state index in [1.807, 2.05) is 4.90 Å². The Morgan fingerprint density at radius 2 is 1.88 bits per heavy atom. The summed E-state index contributed by atoms with van der Waals surface area (Å²) in [6, 6.07) is 3.18. The number of thiophene rings is 1. The number of hydrogen-bond acceptors (Lipinski definition) is 6. The molecule has 0 bridgehead atoms. The number of aliphatic hydroxyl groups is 1. The zero-order valence-corrected chi connectivity index (χ0v) is 13.9. The van der Waals surface area contributed by atoms with Crippen molar-refractivity contribution >= 4 is 34.1 Å². The van der Waals surface area contributed by atoms with Gasteiger partial charge in [-0.2, -0.15) is 22.0 Å². The van der Waals surface area contributed by atoms with Crippen molar-refractivity contribution in [1.82, 2.24) is 0 Å². The molecule has 3 heterocycles. The maximum Gasteiger partial charge on any atom is 0.459 e. The number of aliphatic hydroxyl groups excluding tert-OH is 1. The summed E-state index contributed by atoms with van der Waals surface area (Å²) in [5.74, 6) is -6.66. The van der Waals surface area contributed by atoms with E-state index in [1.165, 1.54) is 6.07 Å². The number of rotatable bonds is 3. The van der Waals surface area contributed by atoms with Gasteiger partial charge in [0.2, 0.25) is 0 Å². The summed E-state index contributed by atoms with van der Waals surface area (Å²) in [7, 11) is 0. The zero-order valence-electron chi connectivity index (χ0n) is 13.1. The van der Waals surface area contributed by atoms with E-state index >= 15 is 0 Å². The number of anilines is 1. The van der Waals surface area contributed by atoms with E-state index in [0.29, 0.717) is 30.8 Å². The fourth-order valence-electron chi connectivity index (χ4n) is 2.59. The fraction of sp³-hybridized carbons (Fsp3) is 0.467. The van der Waals surface area contributed by atoms with Gasteiger partial charge in [0.1, 0.15) is 0 Å². The average molecular weight is 396 g/mol. The van der Waals surface area contributed by atoms with E-state index in [0.717, 1.165) is 22.4 Å². The molecule has 0 saturated carbocycles. The Hall–Kier alpha value is -2.01. The SMILES string of the molecule is O=C1ON=C(C(F)(F)C(F)(F)F)C1=Cc1ccc(N2CCC(O)CC2)s1. The molecule has 5 nitrogen and oxygen atoms in total. The topological polar surface area (TPSA) is 62.1 Å². The lowest BCUT2D eigenvalue weighted by molar-refractivity contribution is -0.249. The van der Waals surface area contributed by atoms with Crippen LogP contribution in [0.4, 0.5) is 27.0 Å². The number of nitrogens with zero attached hydrogens (tertiary/aromatic N) is 2. The molecule has 11 heteroatoms. The number of piperidine rings is 1. The summed E-state index contributed by atoms with van der Waals surface area (Å²) in [5, 5.41) is 12.9. The molecule has 2 aliphatic heterocycles. The number of alkyl halides is 5. The molecule has 0 unspecified atom stereocenters. The van der Waals surface area contributed by atoms with Crippen LogP contribution in [0.15, 0.2) is 22.9 Å². The molecule has 0 spiro atoms. The monoisotopic (exact) mass is 396 g/mol. The van der Waals surface area contributed by atoms with E-state index in [2.05, 4.69) is 9.99 Å². The first kappa shape index (κ1) is 18.8. The molecule has 2 aliphatic rings. The summed E-state index contributed by atoms with van der Waals surface area (Å²) < 4.78 is 64.7. The quantitative estimate of drug-likeness (QED) is 0.484. The van der Waals surface area contributed by atoms with Crippen LogP contribution >= 0.6 is 11.3 Å². The number of halogens is 5. The normalized spacial score (nSPS) is 21.3. The Morgan fingerprint density at radius 3 is 2.50 bits per heavy atom. The van der Waals surface area contributed by atoms with Gasteiger partial charge in [-0.05, 0) is 31.1 Å².